The van der Waals surface area contributed by atoms with Crippen molar-refractivity contribution >= 4 is 24.1 Å². The topological polar surface area (TPSA) is 222 Å². The van der Waals surface area contributed by atoms with Crippen molar-refractivity contribution in [2.24, 2.45) is 17.8 Å². The van der Waals surface area contributed by atoms with Crippen LogP contribution in [0.1, 0.15) is 105 Å². The molecule has 2 amide bonds. The number of rotatable bonds is 12. The van der Waals surface area contributed by atoms with Crippen LogP contribution in [-0.4, -0.2) is 182 Å². The van der Waals surface area contributed by atoms with Crippen LogP contribution in [0, 0.1) is 23.6 Å². The van der Waals surface area contributed by atoms with Gasteiger partial charge in [0.25, 0.3) is 5.91 Å². The Labute approximate surface area is 406 Å². The number of ether oxygens (including phenoxy) is 9. The van der Waals surface area contributed by atoms with Gasteiger partial charge in [-0.05, 0) is 119 Å². The third kappa shape index (κ3) is 13.2. The van der Waals surface area contributed by atoms with Gasteiger partial charge in [-0.3, -0.25) is 14.5 Å². The molecular weight excluding hydrogens is 904 g/mol. The van der Waals surface area contributed by atoms with Crippen molar-refractivity contribution < 1.29 is 76.4 Å². The molecule has 1 aromatic rings. The van der Waals surface area contributed by atoms with Gasteiger partial charge in [-0.25, -0.2) is 14.0 Å². The molecule has 4 fully saturated rings. The van der Waals surface area contributed by atoms with Crippen LogP contribution in [0.5, 0.6) is 0 Å². The van der Waals surface area contributed by atoms with Crippen LogP contribution in [0.25, 0.3) is 0 Å². The molecule has 0 aromatic heterocycles. The Kier molecular flexibility index (Phi) is 18.9. The number of amides is 2. The fraction of sp³-hybridized carbons (Fsp3) is 0.796. The Morgan fingerprint density at radius 1 is 0.942 bits per heavy atom. The number of methoxy groups -OCH3 is 1. The lowest BCUT2D eigenvalue weighted by Crippen LogP contribution is -2.61. The number of fused-ring (bicyclic) bond motifs is 1. The molecule has 0 saturated carbocycles. The summed E-state index contributed by atoms with van der Waals surface area (Å²) in [4.78, 5) is 57.2. The number of nitrogens with zero attached hydrogens (tertiary/aromatic N) is 2. The van der Waals surface area contributed by atoms with Gasteiger partial charge in [-0.15, -0.1) is 0 Å². The lowest BCUT2D eigenvalue weighted by molar-refractivity contribution is -0.317. The van der Waals surface area contributed by atoms with E-state index in [9.17, 15) is 33.8 Å². The first-order chi connectivity index (χ1) is 32.2. The van der Waals surface area contributed by atoms with Gasteiger partial charge in [0.2, 0.25) is 0 Å². The van der Waals surface area contributed by atoms with Crippen molar-refractivity contribution in [3.63, 3.8) is 0 Å². The molecule has 18 atom stereocenters. The normalized spacial score (nSPS) is 40.6. The number of likely N-dealkylation sites (N-methyl/N-ethyl adjacent to an activating group) is 2. The van der Waals surface area contributed by atoms with Crippen molar-refractivity contribution in [3.05, 3.63) is 35.6 Å². The van der Waals surface area contributed by atoms with E-state index in [0.29, 0.717) is 13.0 Å². The maximum Gasteiger partial charge on any atom is 0.509 e. The summed E-state index contributed by atoms with van der Waals surface area (Å²) in [6, 6.07) is 4.34. The minimum absolute atomic E-state index is 0.00474. The summed E-state index contributed by atoms with van der Waals surface area (Å²) in [7, 11) is 7.10. The molecule has 4 aliphatic heterocycles. The fourth-order valence-electron chi connectivity index (χ4n) is 10.8. The summed E-state index contributed by atoms with van der Waals surface area (Å²) < 4.78 is 69.7. The third-order valence-electron chi connectivity index (χ3n) is 14.6. The largest absolute Gasteiger partial charge is 0.509 e. The Morgan fingerprint density at radius 3 is 2.22 bits per heavy atom. The van der Waals surface area contributed by atoms with Crippen LogP contribution in [0.15, 0.2) is 24.3 Å². The van der Waals surface area contributed by atoms with Gasteiger partial charge >= 0.3 is 18.2 Å². The molecule has 0 spiro atoms. The first kappa shape index (κ1) is 56.2. The Morgan fingerprint density at radius 2 is 1.59 bits per heavy atom. The van der Waals surface area contributed by atoms with E-state index in [-0.39, 0.29) is 56.0 Å². The van der Waals surface area contributed by atoms with Crippen molar-refractivity contribution in [2.45, 2.75) is 185 Å². The molecule has 0 bridgehead atoms. The molecule has 0 unspecified atom stereocenters. The van der Waals surface area contributed by atoms with Crippen LogP contribution in [0.4, 0.5) is 14.0 Å². The molecule has 4 aliphatic rings. The van der Waals surface area contributed by atoms with E-state index in [1.807, 2.05) is 58.6 Å². The zero-order chi connectivity index (χ0) is 51.3. The predicted octanol–water partition coefficient (Wildman–Crippen LogP) is 4.39. The molecule has 69 heavy (non-hydrogen) atoms. The molecule has 19 nitrogen and oxygen atoms in total. The van der Waals surface area contributed by atoms with Gasteiger partial charge in [0.15, 0.2) is 30.4 Å². The van der Waals surface area contributed by atoms with Crippen LogP contribution in [-0.2, 0) is 47.4 Å². The number of carbonyl (C=O) groups excluding carboxylic acids is 4. The number of nitrogens with one attached hydrogen (secondary N) is 2. The number of hydrogen-bond donors (Lipinski definition) is 4. The fourth-order valence-corrected chi connectivity index (χ4v) is 10.8. The highest BCUT2D eigenvalue weighted by Crippen LogP contribution is 2.42. The third-order valence-corrected chi connectivity index (χ3v) is 14.6. The quantitative estimate of drug-likeness (QED) is 0.130. The Hall–Kier alpha value is -3.73. The van der Waals surface area contributed by atoms with E-state index in [0.717, 1.165) is 0 Å². The molecule has 0 aliphatic carbocycles. The van der Waals surface area contributed by atoms with Gasteiger partial charge in [0, 0.05) is 56.7 Å². The van der Waals surface area contributed by atoms with Crippen LogP contribution in [0.3, 0.4) is 0 Å². The van der Waals surface area contributed by atoms with Gasteiger partial charge in [0.05, 0.1) is 35.9 Å². The lowest BCUT2D eigenvalue weighted by atomic mass is 9.77. The monoisotopic (exact) mass is 983 g/mol. The second-order valence-corrected chi connectivity index (χ2v) is 20.6. The first-order valence-electron chi connectivity index (χ1n) is 24.3. The average molecular weight is 983 g/mol. The van der Waals surface area contributed by atoms with E-state index in [1.165, 1.54) is 31.4 Å². The zero-order valence-corrected chi connectivity index (χ0v) is 42.9. The van der Waals surface area contributed by atoms with Crippen molar-refractivity contribution in [3.8, 4) is 0 Å². The predicted molar refractivity (Wildman–Crippen MR) is 248 cm³/mol. The molecule has 4 N–H and O–H groups in total. The Balaban J connectivity index is 1.45. The molecule has 0 radical (unpaired) electrons. The number of cyclic esters (lactones) is 1. The molecular formula is C49H79FN4O15. The SMILES string of the molecule is CC[C@H]1OC(=O)[C@H](C)[C@@H](O[C@H]2C[C@@](C)(OC)[C@@H](OC(=O)NCCNC(=O)c3ccc(F)cc3)[C@H](C)O2)[C@H](C)[C@@H](O[C@@H]2O[C@H](C)C[C@H](N(C)C)[C@H]2O)[C@](C)(O)C[C@@H](C)CN(C)[C@H](C)[C@H]2OC(=O)O[C@@]21C. The molecule has 4 heterocycles. The lowest BCUT2D eigenvalue weighted by Gasteiger charge is -2.49. The second kappa shape index (κ2) is 23.2. The van der Waals surface area contributed by atoms with Crippen LogP contribution >= 0.6 is 0 Å². The molecule has 20 heteroatoms. The smallest absolute Gasteiger partial charge is 0.458 e. The number of hydrogen-bond acceptors (Lipinski definition) is 17. The number of carbonyl (C=O) groups is 4. The maximum atomic E-state index is 14.7. The minimum atomic E-state index is -1.63. The van der Waals surface area contributed by atoms with Gasteiger partial charge < -0.3 is 68.4 Å². The highest BCUT2D eigenvalue weighted by Gasteiger charge is 2.58. The zero-order valence-electron chi connectivity index (χ0n) is 42.9. The first-order valence-corrected chi connectivity index (χ1v) is 24.3. The Bertz CT molecular complexity index is 1900. The second-order valence-electron chi connectivity index (χ2n) is 20.6. The summed E-state index contributed by atoms with van der Waals surface area (Å²) in [6.07, 6.45) is -10.1. The highest BCUT2D eigenvalue weighted by atomic mass is 19.1. The number of aliphatic hydroxyl groups excluding tert-OH is 1. The van der Waals surface area contributed by atoms with Gasteiger partial charge in [-0.2, -0.15) is 0 Å². The number of aliphatic hydroxyl groups is 2. The van der Waals surface area contributed by atoms with Gasteiger partial charge in [0.1, 0.15) is 23.6 Å². The minimum Gasteiger partial charge on any atom is -0.458 e. The van der Waals surface area contributed by atoms with Gasteiger partial charge in [-0.1, -0.05) is 20.8 Å². The van der Waals surface area contributed by atoms with Crippen molar-refractivity contribution in [1.29, 1.82) is 0 Å². The summed E-state index contributed by atoms with van der Waals surface area (Å²) in [5.74, 6) is -3.70. The van der Waals surface area contributed by atoms with E-state index in [2.05, 4.69) is 10.6 Å². The molecule has 4 saturated heterocycles. The maximum absolute atomic E-state index is 14.7. The average Bonchev–Trinajstić information content (AvgIpc) is 3.59. The standard InChI is InChI=1S/C49H79FN4O15/c1-15-35-49(10)40(68-46(59)69-49)30(6)54(13)25-26(2)23-47(8,60)39(66-44-37(55)34(53(11)12)22-27(3)62-44)28(4)38(29(5)43(57)64-35)65-36-24-48(9,61-14)41(31(7)63-36)67-45(58)52-21-20-51-42(56)32-16-18-33(50)19-17-32/h16-19,26-31,34-41,44,55,60H,15,20-25H2,1-14H3,(H,51,56)(H,52,58)/t26-,27-,28+,29-,30-,31+,34+,35-,36+,37-,38+,39-,40-,41+,44+,47-,48-,49-/m1/s1. The molecule has 1 aromatic carbocycles. The highest BCUT2D eigenvalue weighted by molar-refractivity contribution is 5.94. The summed E-state index contributed by atoms with van der Waals surface area (Å²) in [5.41, 5.74) is -3.94. The van der Waals surface area contributed by atoms with E-state index in [1.54, 1.807) is 41.5 Å². The molecule has 5 rings (SSSR count). The van der Waals surface area contributed by atoms with Crippen LogP contribution < -0.4 is 10.6 Å². The van der Waals surface area contributed by atoms with E-state index in [4.69, 9.17) is 42.6 Å². The van der Waals surface area contributed by atoms with E-state index >= 15 is 0 Å². The number of alkyl carbamates (subject to hydrolysis) is 1. The summed E-state index contributed by atoms with van der Waals surface area (Å²) in [5, 5.41) is 29.8. The summed E-state index contributed by atoms with van der Waals surface area (Å²) in [6.45, 7) is 18.4. The van der Waals surface area contributed by atoms with Crippen molar-refractivity contribution in [1.82, 2.24) is 20.4 Å². The van der Waals surface area contributed by atoms with E-state index < -0.39 is 120 Å². The number of halogens is 1. The number of esters is 1. The van der Waals surface area contributed by atoms with Crippen LogP contribution in [0.2, 0.25) is 0 Å². The molecule has 392 valence electrons. The number of benzene rings is 1. The van der Waals surface area contributed by atoms with Crippen molar-refractivity contribution in [2.75, 3.05) is 47.9 Å². The summed E-state index contributed by atoms with van der Waals surface area (Å²) >= 11 is 0.